The van der Waals surface area contributed by atoms with Gasteiger partial charge in [-0.25, -0.2) is 0 Å². The van der Waals surface area contributed by atoms with Crippen molar-refractivity contribution in [1.29, 1.82) is 0 Å². The Morgan fingerprint density at radius 2 is 2.11 bits per heavy atom. The standard InChI is InChI=1S/C13H16ClN3O2/c14-9-4-3-5-10(8-9)16-12(18)13(11(15)17-19)6-1-2-7-13/h3-5,8,19H,1-2,6-7H2,(H2,15,17)(H,16,18). The molecule has 0 aliphatic heterocycles. The lowest BCUT2D eigenvalue weighted by atomic mass is 9.83. The highest BCUT2D eigenvalue weighted by atomic mass is 35.5. The summed E-state index contributed by atoms with van der Waals surface area (Å²) in [5, 5.41) is 15.2. The SMILES string of the molecule is N/C(=N/O)C1(C(=O)Nc2cccc(Cl)c2)CCCC1. The van der Waals surface area contributed by atoms with Gasteiger partial charge in [0.05, 0.1) is 0 Å². The third kappa shape index (κ3) is 2.66. The van der Waals surface area contributed by atoms with Crippen LogP contribution < -0.4 is 11.1 Å². The average molecular weight is 282 g/mol. The van der Waals surface area contributed by atoms with E-state index in [4.69, 9.17) is 22.5 Å². The molecule has 1 amide bonds. The van der Waals surface area contributed by atoms with E-state index >= 15 is 0 Å². The molecule has 19 heavy (non-hydrogen) atoms. The molecule has 1 saturated carbocycles. The van der Waals surface area contributed by atoms with Crippen molar-refractivity contribution in [1.82, 2.24) is 0 Å². The van der Waals surface area contributed by atoms with E-state index < -0.39 is 5.41 Å². The molecule has 0 radical (unpaired) electrons. The first kappa shape index (κ1) is 13.7. The van der Waals surface area contributed by atoms with Crippen molar-refractivity contribution in [2.75, 3.05) is 5.32 Å². The molecule has 0 heterocycles. The Bertz CT molecular complexity index is 510. The van der Waals surface area contributed by atoms with Crippen LogP contribution in [0.1, 0.15) is 25.7 Å². The van der Waals surface area contributed by atoms with Gasteiger partial charge in [-0.05, 0) is 31.0 Å². The Morgan fingerprint density at radius 3 is 2.68 bits per heavy atom. The number of rotatable bonds is 3. The Hall–Kier alpha value is -1.75. The number of halogens is 1. The zero-order valence-electron chi connectivity index (χ0n) is 10.4. The van der Waals surface area contributed by atoms with E-state index in [1.165, 1.54) is 0 Å². The van der Waals surface area contributed by atoms with Crippen LogP contribution in [0.4, 0.5) is 5.69 Å². The van der Waals surface area contributed by atoms with E-state index in [2.05, 4.69) is 10.5 Å². The average Bonchev–Trinajstić information content (AvgIpc) is 2.88. The maximum atomic E-state index is 12.4. The summed E-state index contributed by atoms with van der Waals surface area (Å²) in [6, 6.07) is 6.89. The number of benzene rings is 1. The lowest BCUT2D eigenvalue weighted by Crippen LogP contribution is -2.45. The van der Waals surface area contributed by atoms with Crippen LogP contribution in [-0.2, 0) is 4.79 Å². The minimum absolute atomic E-state index is 0.0236. The second kappa shape index (κ2) is 5.48. The van der Waals surface area contributed by atoms with Crippen LogP contribution in [-0.4, -0.2) is 17.0 Å². The van der Waals surface area contributed by atoms with Crippen LogP contribution >= 0.6 is 11.6 Å². The zero-order valence-corrected chi connectivity index (χ0v) is 11.2. The monoisotopic (exact) mass is 281 g/mol. The largest absolute Gasteiger partial charge is 0.409 e. The van der Waals surface area contributed by atoms with Crippen molar-refractivity contribution in [2.45, 2.75) is 25.7 Å². The Kier molecular flexibility index (Phi) is 3.95. The summed E-state index contributed by atoms with van der Waals surface area (Å²) in [6.07, 6.45) is 2.96. The van der Waals surface area contributed by atoms with Gasteiger partial charge in [0, 0.05) is 10.7 Å². The second-order valence-electron chi connectivity index (χ2n) is 4.74. The van der Waals surface area contributed by atoms with Crippen LogP contribution in [0.3, 0.4) is 0 Å². The van der Waals surface area contributed by atoms with Crippen LogP contribution in [0.2, 0.25) is 5.02 Å². The molecule has 0 spiro atoms. The maximum absolute atomic E-state index is 12.4. The number of hydrogen-bond donors (Lipinski definition) is 3. The van der Waals surface area contributed by atoms with E-state index in [9.17, 15) is 4.79 Å². The first-order valence-corrected chi connectivity index (χ1v) is 6.51. The summed E-state index contributed by atoms with van der Waals surface area (Å²) in [7, 11) is 0. The predicted octanol–water partition coefficient (Wildman–Crippen LogP) is 2.59. The summed E-state index contributed by atoms with van der Waals surface area (Å²) in [5.74, 6) is -0.271. The molecule has 0 aromatic heterocycles. The van der Waals surface area contributed by atoms with Crippen molar-refractivity contribution in [3.63, 3.8) is 0 Å². The molecule has 0 atom stereocenters. The minimum atomic E-state index is -0.906. The minimum Gasteiger partial charge on any atom is -0.409 e. The van der Waals surface area contributed by atoms with Gasteiger partial charge in [0.1, 0.15) is 5.41 Å². The van der Waals surface area contributed by atoms with Gasteiger partial charge in [-0.2, -0.15) is 0 Å². The normalized spacial score (nSPS) is 18.3. The van der Waals surface area contributed by atoms with Crippen LogP contribution in [0.5, 0.6) is 0 Å². The van der Waals surface area contributed by atoms with Crippen molar-refractivity contribution < 1.29 is 10.0 Å². The highest BCUT2D eigenvalue weighted by Crippen LogP contribution is 2.39. The molecule has 1 aromatic carbocycles. The predicted molar refractivity (Wildman–Crippen MR) is 74.4 cm³/mol. The molecular weight excluding hydrogens is 266 g/mol. The van der Waals surface area contributed by atoms with Crippen molar-refractivity contribution in [2.24, 2.45) is 16.3 Å². The summed E-state index contributed by atoms with van der Waals surface area (Å²) in [4.78, 5) is 12.4. The molecule has 2 rings (SSSR count). The van der Waals surface area contributed by atoms with Crippen molar-refractivity contribution in [3.8, 4) is 0 Å². The summed E-state index contributed by atoms with van der Waals surface area (Å²) < 4.78 is 0. The number of amidine groups is 1. The zero-order chi connectivity index (χ0) is 13.9. The van der Waals surface area contributed by atoms with Gasteiger partial charge in [-0.1, -0.05) is 35.7 Å². The molecule has 1 aliphatic rings. The third-order valence-electron chi connectivity index (χ3n) is 3.57. The molecule has 4 N–H and O–H groups in total. The van der Waals surface area contributed by atoms with E-state index in [-0.39, 0.29) is 11.7 Å². The fourth-order valence-electron chi connectivity index (χ4n) is 2.49. The number of amides is 1. The first-order chi connectivity index (χ1) is 9.08. The molecule has 102 valence electrons. The number of oxime groups is 1. The van der Waals surface area contributed by atoms with Gasteiger partial charge in [-0.3, -0.25) is 4.79 Å². The van der Waals surface area contributed by atoms with Crippen molar-refractivity contribution >= 4 is 29.0 Å². The number of nitrogens with one attached hydrogen (secondary N) is 1. The smallest absolute Gasteiger partial charge is 0.238 e. The maximum Gasteiger partial charge on any atom is 0.238 e. The van der Waals surface area contributed by atoms with Gasteiger partial charge in [0.15, 0.2) is 5.84 Å². The van der Waals surface area contributed by atoms with Crippen LogP contribution in [0.25, 0.3) is 0 Å². The molecule has 1 fully saturated rings. The topological polar surface area (TPSA) is 87.7 Å². The Labute approximate surface area is 116 Å². The lowest BCUT2D eigenvalue weighted by Gasteiger charge is -2.25. The Balaban J connectivity index is 2.22. The van der Waals surface area contributed by atoms with Gasteiger partial charge in [-0.15, -0.1) is 0 Å². The number of carbonyl (C=O) groups excluding carboxylic acids is 1. The molecule has 0 unspecified atom stereocenters. The van der Waals surface area contributed by atoms with Crippen LogP contribution in [0, 0.1) is 5.41 Å². The quantitative estimate of drug-likeness (QED) is 0.344. The second-order valence-corrected chi connectivity index (χ2v) is 5.18. The van der Waals surface area contributed by atoms with Gasteiger partial charge >= 0.3 is 0 Å². The highest BCUT2D eigenvalue weighted by molar-refractivity contribution is 6.31. The lowest BCUT2D eigenvalue weighted by molar-refractivity contribution is -0.122. The fraction of sp³-hybridized carbons (Fsp3) is 0.385. The Morgan fingerprint density at radius 1 is 1.42 bits per heavy atom. The number of hydrogen-bond acceptors (Lipinski definition) is 3. The molecule has 0 bridgehead atoms. The van der Waals surface area contributed by atoms with E-state index in [1.807, 2.05) is 0 Å². The number of nitrogens with two attached hydrogens (primary N) is 1. The van der Waals surface area contributed by atoms with Gasteiger partial charge in [0.25, 0.3) is 0 Å². The van der Waals surface area contributed by atoms with Crippen molar-refractivity contribution in [3.05, 3.63) is 29.3 Å². The van der Waals surface area contributed by atoms with E-state index in [1.54, 1.807) is 24.3 Å². The highest BCUT2D eigenvalue weighted by Gasteiger charge is 2.45. The first-order valence-electron chi connectivity index (χ1n) is 6.13. The van der Waals surface area contributed by atoms with Gasteiger partial charge in [0.2, 0.25) is 5.91 Å². The molecule has 1 aliphatic carbocycles. The third-order valence-corrected chi connectivity index (χ3v) is 3.81. The molecule has 6 heteroatoms. The van der Waals surface area contributed by atoms with E-state index in [0.717, 1.165) is 12.8 Å². The molecular formula is C13H16ClN3O2. The fourth-order valence-corrected chi connectivity index (χ4v) is 2.68. The molecule has 1 aromatic rings. The molecule has 0 saturated heterocycles. The van der Waals surface area contributed by atoms with Crippen LogP contribution in [0.15, 0.2) is 29.4 Å². The summed E-state index contributed by atoms with van der Waals surface area (Å²) in [6.45, 7) is 0. The number of carbonyl (C=O) groups is 1. The molecule has 5 nitrogen and oxygen atoms in total. The summed E-state index contributed by atoms with van der Waals surface area (Å²) >= 11 is 5.87. The van der Waals surface area contributed by atoms with Gasteiger partial charge < -0.3 is 16.3 Å². The van der Waals surface area contributed by atoms with E-state index in [0.29, 0.717) is 23.6 Å². The number of nitrogens with zero attached hydrogens (tertiary/aromatic N) is 1. The number of anilines is 1. The summed E-state index contributed by atoms with van der Waals surface area (Å²) in [5.41, 5.74) is 5.41.